The van der Waals surface area contributed by atoms with Crippen molar-refractivity contribution >= 4 is 30.5 Å². The Labute approximate surface area is 185 Å². The molecule has 1 heterocycles. The van der Waals surface area contributed by atoms with Gasteiger partial charge in [-0.15, -0.1) is 24.8 Å². The number of hydrogen-bond donors (Lipinski definition) is 1. The summed E-state index contributed by atoms with van der Waals surface area (Å²) in [5.74, 6) is -0.207. The van der Waals surface area contributed by atoms with Gasteiger partial charge < -0.3 is 14.7 Å². The smallest absolute Gasteiger partial charge is 0.123 e. The molecule has 2 unspecified atom stereocenters. The van der Waals surface area contributed by atoms with Crippen LogP contribution in [0.3, 0.4) is 0 Å². The molecule has 1 saturated heterocycles. The maximum Gasteiger partial charge on any atom is 0.123 e. The number of β-amino-alcohol motifs (C(OH)–C–C–N with tert-alkyl or cyclic N) is 1. The highest BCUT2D eigenvalue weighted by Gasteiger charge is 2.20. The summed E-state index contributed by atoms with van der Waals surface area (Å²) < 4.78 is 19.0. The number of aliphatic hydroxyl groups excluding tert-OH is 1. The Kier molecular flexibility index (Phi) is 11.5. The zero-order valence-electron chi connectivity index (χ0n) is 16.7. The summed E-state index contributed by atoms with van der Waals surface area (Å²) in [6, 6.07) is 16.8. The van der Waals surface area contributed by atoms with Crippen LogP contribution in [0.25, 0.3) is 0 Å². The van der Waals surface area contributed by atoms with E-state index in [0.717, 1.165) is 43.9 Å². The molecule has 0 aliphatic carbocycles. The van der Waals surface area contributed by atoms with E-state index in [-0.39, 0.29) is 36.7 Å². The zero-order chi connectivity index (χ0) is 19.1. The number of ether oxygens (including phenoxy) is 1. The summed E-state index contributed by atoms with van der Waals surface area (Å²) in [6.45, 7) is 6.56. The monoisotopic (exact) mass is 444 g/mol. The van der Waals surface area contributed by atoms with Gasteiger partial charge in [0.1, 0.15) is 5.82 Å². The number of rotatable bonds is 8. The Morgan fingerprint density at radius 2 is 1.59 bits per heavy atom. The summed E-state index contributed by atoms with van der Waals surface area (Å²) in [5, 5.41) is 10.4. The molecule has 4 nitrogen and oxygen atoms in total. The predicted octanol–water partition coefficient (Wildman–Crippen LogP) is 4.32. The Balaban J connectivity index is 0.00000210. The average molecular weight is 445 g/mol. The van der Waals surface area contributed by atoms with Crippen LogP contribution in [0, 0.1) is 5.82 Å². The van der Waals surface area contributed by atoms with E-state index in [4.69, 9.17) is 4.74 Å². The fraction of sp³-hybridized carbons (Fsp3) is 0.455. The van der Waals surface area contributed by atoms with Gasteiger partial charge in [0.2, 0.25) is 0 Å². The van der Waals surface area contributed by atoms with Gasteiger partial charge in [-0.1, -0.05) is 37.3 Å². The highest BCUT2D eigenvalue weighted by molar-refractivity contribution is 5.85. The summed E-state index contributed by atoms with van der Waals surface area (Å²) in [4.78, 5) is 4.51. The van der Waals surface area contributed by atoms with Crippen molar-refractivity contribution in [2.45, 2.75) is 25.6 Å². The number of anilines is 1. The molecular formula is C22H31Cl2FN2O2. The van der Waals surface area contributed by atoms with E-state index < -0.39 is 6.10 Å². The summed E-state index contributed by atoms with van der Waals surface area (Å²) in [5.41, 5.74) is 2.20. The summed E-state index contributed by atoms with van der Waals surface area (Å²) in [7, 11) is 0. The molecule has 3 rings (SSSR count). The first-order chi connectivity index (χ1) is 13.2. The van der Waals surface area contributed by atoms with E-state index in [9.17, 15) is 9.50 Å². The molecular weight excluding hydrogens is 414 g/mol. The van der Waals surface area contributed by atoms with Gasteiger partial charge >= 0.3 is 0 Å². The number of nitrogens with zero attached hydrogens (tertiary/aromatic N) is 2. The van der Waals surface area contributed by atoms with E-state index >= 15 is 0 Å². The quantitative estimate of drug-likeness (QED) is 0.657. The zero-order valence-corrected chi connectivity index (χ0v) is 18.4. The first-order valence-corrected chi connectivity index (χ1v) is 9.73. The fourth-order valence-corrected chi connectivity index (χ4v) is 3.54. The van der Waals surface area contributed by atoms with E-state index in [1.165, 1.54) is 12.1 Å². The third-order valence-corrected chi connectivity index (χ3v) is 5.06. The SMILES string of the molecule is CCC(OCC(O)CN1CCN(c2ccc(F)cc2)CC1)c1ccccc1.Cl.Cl. The molecule has 1 N–H and O–H groups in total. The highest BCUT2D eigenvalue weighted by Crippen LogP contribution is 2.21. The van der Waals surface area contributed by atoms with Gasteiger partial charge in [-0.05, 0) is 36.2 Å². The molecule has 1 fully saturated rings. The molecule has 1 aliphatic rings. The third kappa shape index (κ3) is 7.76. The first kappa shape index (κ1) is 25.7. The minimum atomic E-state index is -0.500. The Morgan fingerprint density at radius 3 is 2.17 bits per heavy atom. The van der Waals surface area contributed by atoms with Crippen LogP contribution in [-0.2, 0) is 4.74 Å². The average Bonchev–Trinajstić information content (AvgIpc) is 2.70. The van der Waals surface area contributed by atoms with Crippen LogP contribution in [0.4, 0.5) is 10.1 Å². The molecule has 0 spiro atoms. The predicted molar refractivity (Wildman–Crippen MR) is 121 cm³/mol. The molecule has 0 bridgehead atoms. The largest absolute Gasteiger partial charge is 0.389 e. The van der Waals surface area contributed by atoms with Gasteiger partial charge in [0.15, 0.2) is 0 Å². The summed E-state index contributed by atoms with van der Waals surface area (Å²) in [6.07, 6.45) is 0.406. The van der Waals surface area contributed by atoms with Crippen molar-refractivity contribution in [3.05, 3.63) is 66.0 Å². The van der Waals surface area contributed by atoms with Crippen molar-refractivity contribution in [3.63, 3.8) is 0 Å². The molecule has 29 heavy (non-hydrogen) atoms. The second-order valence-electron chi connectivity index (χ2n) is 7.06. The van der Waals surface area contributed by atoms with Crippen molar-refractivity contribution in [1.29, 1.82) is 0 Å². The lowest BCUT2D eigenvalue weighted by Crippen LogP contribution is -2.49. The Bertz CT molecular complexity index is 683. The van der Waals surface area contributed by atoms with Crippen LogP contribution in [0.5, 0.6) is 0 Å². The Hall–Kier alpha value is -1.37. The van der Waals surface area contributed by atoms with Crippen molar-refractivity contribution in [1.82, 2.24) is 4.90 Å². The lowest BCUT2D eigenvalue weighted by molar-refractivity contribution is -0.0240. The lowest BCUT2D eigenvalue weighted by Gasteiger charge is -2.37. The van der Waals surface area contributed by atoms with Gasteiger partial charge in [-0.2, -0.15) is 0 Å². The molecule has 162 valence electrons. The number of benzene rings is 2. The third-order valence-electron chi connectivity index (χ3n) is 5.06. The van der Waals surface area contributed by atoms with Crippen LogP contribution in [0.1, 0.15) is 25.0 Å². The maximum atomic E-state index is 13.1. The van der Waals surface area contributed by atoms with Gasteiger partial charge in [0.05, 0.1) is 18.8 Å². The molecule has 0 radical (unpaired) electrons. The van der Waals surface area contributed by atoms with Crippen LogP contribution < -0.4 is 4.90 Å². The van der Waals surface area contributed by atoms with Gasteiger partial charge in [-0.25, -0.2) is 4.39 Å². The molecule has 0 aromatic heterocycles. The van der Waals surface area contributed by atoms with Crippen molar-refractivity contribution in [2.75, 3.05) is 44.2 Å². The van der Waals surface area contributed by atoms with Crippen molar-refractivity contribution in [2.24, 2.45) is 0 Å². The summed E-state index contributed by atoms with van der Waals surface area (Å²) >= 11 is 0. The van der Waals surface area contributed by atoms with E-state index in [1.54, 1.807) is 0 Å². The maximum absolute atomic E-state index is 13.1. The number of halogens is 3. The second-order valence-corrected chi connectivity index (χ2v) is 7.06. The molecule has 7 heteroatoms. The van der Waals surface area contributed by atoms with E-state index in [2.05, 4.69) is 28.9 Å². The van der Waals surface area contributed by atoms with Gasteiger partial charge in [-0.3, -0.25) is 4.90 Å². The standard InChI is InChI=1S/C22H29FN2O2.2ClH/c1-2-22(18-6-4-3-5-7-18)27-17-21(26)16-24-12-14-25(15-13-24)20-10-8-19(23)9-11-20;;/h3-11,21-22,26H,2,12-17H2,1H3;2*1H. The number of aliphatic hydroxyl groups is 1. The molecule has 0 saturated carbocycles. The fourth-order valence-electron chi connectivity index (χ4n) is 3.54. The van der Waals surface area contributed by atoms with Crippen LogP contribution in [0.2, 0.25) is 0 Å². The van der Waals surface area contributed by atoms with Crippen LogP contribution in [0.15, 0.2) is 54.6 Å². The minimum absolute atomic E-state index is 0. The molecule has 1 aliphatic heterocycles. The van der Waals surface area contributed by atoms with Gasteiger partial charge in [0, 0.05) is 38.4 Å². The van der Waals surface area contributed by atoms with E-state index in [1.807, 2.05) is 30.3 Å². The normalized spacial score (nSPS) is 16.4. The lowest BCUT2D eigenvalue weighted by atomic mass is 10.1. The molecule has 2 atom stereocenters. The number of hydrogen-bond acceptors (Lipinski definition) is 4. The molecule has 2 aromatic carbocycles. The highest BCUT2D eigenvalue weighted by atomic mass is 35.5. The van der Waals surface area contributed by atoms with Crippen LogP contribution in [-0.4, -0.2) is 55.4 Å². The minimum Gasteiger partial charge on any atom is -0.389 e. The van der Waals surface area contributed by atoms with Crippen molar-refractivity contribution in [3.8, 4) is 0 Å². The molecule has 0 amide bonds. The molecule has 2 aromatic rings. The second kappa shape index (κ2) is 13.0. The van der Waals surface area contributed by atoms with Gasteiger partial charge in [0.25, 0.3) is 0 Å². The van der Waals surface area contributed by atoms with E-state index in [0.29, 0.717) is 13.2 Å². The first-order valence-electron chi connectivity index (χ1n) is 9.73. The Morgan fingerprint density at radius 1 is 0.966 bits per heavy atom. The number of piperazine rings is 1. The topological polar surface area (TPSA) is 35.9 Å². The van der Waals surface area contributed by atoms with Crippen LogP contribution >= 0.6 is 24.8 Å². The van der Waals surface area contributed by atoms with Crippen molar-refractivity contribution < 1.29 is 14.2 Å².